The summed E-state index contributed by atoms with van der Waals surface area (Å²) in [6, 6.07) is 5.30. The average Bonchev–Trinajstić information content (AvgIpc) is 2.52. The van der Waals surface area contributed by atoms with Gasteiger partial charge in [-0.2, -0.15) is 0 Å². The molecule has 6 nitrogen and oxygen atoms in total. The van der Waals surface area contributed by atoms with E-state index in [4.69, 9.17) is 15.2 Å². The van der Waals surface area contributed by atoms with Gasteiger partial charge in [0, 0.05) is 31.9 Å². The molecule has 0 saturated carbocycles. The van der Waals surface area contributed by atoms with Crippen LogP contribution in [0.3, 0.4) is 0 Å². The van der Waals surface area contributed by atoms with Crippen molar-refractivity contribution in [2.24, 2.45) is 0 Å². The van der Waals surface area contributed by atoms with E-state index in [-0.39, 0.29) is 12.7 Å². The summed E-state index contributed by atoms with van der Waals surface area (Å²) in [5.41, 5.74) is 6.81. The normalized spacial score (nSPS) is 15.3. The molecule has 1 amide bonds. The summed E-state index contributed by atoms with van der Waals surface area (Å²) in [6.07, 6.45) is -0.302. The zero-order chi connectivity index (χ0) is 17.7. The maximum Gasteiger partial charge on any atom is 0.410 e. The Morgan fingerprint density at radius 1 is 1.25 bits per heavy atom. The van der Waals surface area contributed by atoms with E-state index < -0.39 is 12.3 Å². The van der Waals surface area contributed by atoms with E-state index in [1.807, 2.05) is 26.8 Å². The summed E-state index contributed by atoms with van der Waals surface area (Å²) in [4.78, 5) is 15.9. The van der Waals surface area contributed by atoms with Crippen LogP contribution in [0.2, 0.25) is 0 Å². The third-order valence-electron chi connectivity index (χ3n) is 3.59. The predicted molar refractivity (Wildman–Crippen MR) is 92.3 cm³/mol. The van der Waals surface area contributed by atoms with Crippen LogP contribution < -0.4 is 15.4 Å². The molecule has 0 aromatic heterocycles. The second kappa shape index (κ2) is 7.59. The molecule has 1 fully saturated rings. The lowest BCUT2D eigenvalue weighted by Gasteiger charge is -2.37. The molecule has 7 heteroatoms. The Labute approximate surface area is 142 Å². The fourth-order valence-corrected chi connectivity index (χ4v) is 2.51. The maximum absolute atomic E-state index is 12.4. The Morgan fingerprint density at radius 3 is 2.50 bits per heavy atom. The van der Waals surface area contributed by atoms with Gasteiger partial charge in [-0.15, -0.1) is 0 Å². The van der Waals surface area contributed by atoms with Crippen LogP contribution in [0.4, 0.5) is 20.6 Å². The minimum atomic E-state index is -0.545. The van der Waals surface area contributed by atoms with E-state index in [9.17, 15) is 9.18 Å². The first-order chi connectivity index (χ1) is 11.3. The van der Waals surface area contributed by atoms with E-state index in [0.717, 1.165) is 5.69 Å². The minimum absolute atomic E-state index is 0.00872. The molecule has 1 aromatic carbocycles. The Morgan fingerprint density at radius 2 is 1.92 bits per heavy atom. The Balaban J connectivity index is 2.01. The highest BCUT2D eigenvalue weighted by Crippen LogP contribution is 2.31. The van der Waals surface area contributed by atoms with Crippen LogP contribution >= 0.6 is 0 Å². The van der Waals surface area contributed by atoms with Crippen molar-refractivity contribution in [3.8, 4) is 5.75 Å². The van der Waals surface area contributed by atoms with Crippen molar-refractivity contribution in [1.82, 2.24) is 4.90 Å². The van der Waals surface area contributed by atoms with E-state index in [1.54, 1.807) is 17.0 Å². The zero-order valence-electron chi connectivity index (χ0n) is 14.5. The summed E-state index contributed by atoms with van der Waals surface area (Å²) in [5.74, 6) is 0.604. The lowest BCUT2D eigenvalue weighted by atomic mass is 10.2. The number of hydrogen-bond acceptors (Lipinski definition) is 5. The van der Waals surface area contributed by atoms with Gasteiger partial charge in [-0.1, -0.05) is 0 Å². The van der Waals surface area contributed by atoms with Crippen molar-refractivity contribution >= 4 is 17.5 Å². The van der Waals surface area contributed by atoms with Crippen LogP contribution in [0.15, 0.2) is 18.2 Å². The number of nitrogens with two attached hydrogens (primary N) is 1. The molecule has 1 aliphatic rings. The molecule has 134 valence electrons. The topological polar surface area (TPSA) is 68.0 Å². The number of carbonyl (C=O) groups excluding carboxylic acids is 1. The van der Waals surface area contributed by atoms with Crippen molar-refractivity contribution in [3.63, 3.8) is 0 Å². The largest absolute Gasteiger partial charge is 0.489 e. The van der Waals surface area contributed by atoms with Crippen LogP contribution in [-0.4, -0.2) is 56.1 Å². The van der Waals surface area contributed by atoms with Gasteiger partial charge >= 0.3 is 6.09 Å². The molecule has 1 aliphatic heterocycles. The number of benzene rings is 1. The van der Waals surface area contributed by atoms with Crippen LogP contribution in [-0.2, 0) is 4.74 Å². The van der Waals surface area contributed by atoms with Gasteiger partial charge in [-0.05, 0) is 39.0 Å². The summed E-state index contributed by atoms with van der Waals surface area (Å²) in [6.45, 7) is 7.38. The first kappa shape index (κ1) is 18.2. The molecule has 1 saturated heterocycles. The third-order valence-corrected chi connectivity index (χ3v) is 3.59. The number of carbonyl (C=O) groups is 1. The molecule has 0 unspecified atom stereocenters. The van der Waals surface area contributed by atoms with Gasteiger partial charge in [0.2, 0.25) is 0 Å². The van der Waals surface area contributed by atoms with E-state index in [0.29, 0.717) is 37.6 Å². The summed E-state index contributed by atoms with van der Waals surface area (Å²) < 4.78 is 23.2. The predicted octanol–water partition coefficient (Wildman–Crippen LogP) is 2.67. The lowest BCUT2D eigenvalue weighted by Crippen LogP contribution is -2.50. The van der Waals surface area contributed by atoms with Crippen LogP contribution in [0.25, 0.3) is 0 Å². The number of amides is 1. The second-order valence-corrected chi connectivity index (χ2v) is 6.72. The first-order valence-corrected chi connectivity index (χ1v) is 8.11. The highest BCUT2D eigenvalue weighted by atomic mass is 19.1. The Kier molecular flexibility index (Phi) is 5.75. The molecule has 24 heavy (non-hydrogen) atoms. The van der Waals surface area contributed by atoms with Gasteiger partial charge in [0.15, 0.2) is 0 Å². The van der Waals surface area contributed by atoms with Crippen molar-refractivity contribution in [1.29, 1.82) is 0 Å². The van der Waals surface area contributed by atoms with Crippen LogP contribution in [0, 0.1) is 0 Å². The Hall–Kier alpha value is -2.18. The number of piperazine rings is 1. The number of anilines is 2. The van der Waals surface area contributed by atoms with Gasteiger partial charge in [-0.25, -0.2) is 9.18 Å². The number of nitrogen functional groups attached to an aromatic ring is 1. The van der Waals surface area contributed by atoms with Crippen LogP contribution in [0.5, 0.6) is 5.75 Å². The van der Waals surface area contributed by atoms with Gasteiger partial charge in [0.1, 0.15) is 24.6 Å². The molecule has 1 aromatic rings. The monoisotopic (exact) mass is 339 g/mol. The molecule has 0 aliphatic carbocycles. The van der Waals surface area contributed by atoms with Gasteiger partial charge in [0.05, 0.1) is 5.69 Å². The summed E-state index contributed by atoms with van der Waals surface area (Å²) in [7, 11) is 0. The lowest BCUT2D eigenvalue weighted by molar-refractivity contribution is 0.0240. The summed E-state index contributed by atoms with van der Waals surface area (Å²) >= 11 is 0. The molecule has 2 N–H and O–H groups in total. The maximum atomic E-state index is 12.4. The molecule has 0 radical (unpaired) electrons. The first-order valence-electron chi connectivity index (χ1n) is 8.11. The highest BCUT2D eigenvalue weighted by Gasteiger charge is 2.27. The number of hydrogen-bond donors (Lipinski definition) is 1. The molecular weight excluding hydrogens is 313 g/mol. The van der Waals surface area contributed by atoms with Crippen molar-refractivity contribution in [3.05, 3.63) is 18.2 Å². The second-order valence-electron chi connectivity index (χ2n) is 6.72. The number of alkyl halides is 1. The fraction of sp³-hybridized carbons (Fsp3) is 0.588. The third kappa shape index (κ3) is 4.91. The molecule has 0 spiro atoms. The van der Waals surface area contributed by atoms with Gasteiger partial charge in [0.25, 0.3) is 0 Å². The number of ether oxygens (including phenoxy) is 2. The van der Waals surface area contributed by atoms with Crippen molar-refractivity contribution < 1.29 is 18.7 Å². The number of nitrogens with zero attached hydrogens (tertiary/aromatic N) is 2. The molecule has 0 atom stereocenters. The quantitative estimate of drug-likeness (QED) is 0.854. The van der Waals surface area contributed by atoms with E-state index in [2.05, 4.69) is 4.90 Å². The molecule has 2 rings (SSSR count). The standard InChI is InChI=1S/C17H26FN3O3/c1-17(2,3)24-16(22)21-9-7-20(8-10-21)14-12-13(19)4-5-15(14)23-11-6-18/h4-5,12H,6-11,19H2,1-3H3. The Bertz CT molecular complexity index is 567. The van der Waals surface area contributed by atoms with E-state index in [1.165, 1.54) is 0 Å². The van der Waals surface area contributed by atoms with Crippen LogP contribution in [0.1, 0.15) is 20.8 Å². The van der Waals surface area contributed by atoms with E-state index >= 15 is 0 Å². The average molecular weight is 339 g/mol. The fourth-order valence-electron chi connectivity index (χ4n) is 2.51. The number of rotatable bonds is 4. The van der Waals surface area contributed by atoms with Crippen molar-refractivity contribution in [2.75, 3.05) is 50.1 Å². The number of halogens is 1. The zero-order valence-corrected chi connectivity index (χ0v) is 14.5. The minimum Gasteiger partial charge on any atom is -0.489 e. The summed E-state index contributed by atoms with van der Waals surface area (Å²) in [5, 5.41) is 0. The van der Waals surface area contributed by atoms with Gasteiger partial charge < -0.3 is 25.0 Å². The molecule has 0 bridgehead atoms. The highest BCUT2D eigenvalue weighted by molar-refractivity contribution is 5.69. The SMILES string of the molecule is CC(C)(C)OC(=O)N1CCN(c2cc(N)ccc2OCCF)CC1. The molecule has 1 heterocycles. The smallest absolute Gasteiger partial charge is 0.410 e. The molecular formula is C17H26FN3O3. The van der Waals surface area contributed by atoms with Gasteiger partial charge in [-0.3, -0.25) is 0 Å². The van der Waals surface area contributed by atoms with Crippen molar-refractivity contribution in [2.45, 2.75) is 26.4 Å².